The van der Waals surface area contributed by atoms with Gasteiger partial charge in [-0.25, -0.2) is 0 Å². The van der Waals surface area contributed by atoms with Crippen LogP contribution in [0.2, 0.25) is 0 Å². The molecule has 0 bridgehead atoms. The van der Waals surface area contributed by atoms with Crippen molar-refractivity contribution < 1.29 is 0 Å². The lowest BCUT2D eigenvalue weighted by Gasteiger charge is -2.01. The zero-order valence-corrected chi connectivity index (χ0v) is 5.65. The second-order valence-corrected chi connectivity index (χ2v) is 4.50. The molecule has 0 nitrogen and oxygen atoms in total. The Hall–Kier alpha value is -0.260. The molecule has 0 amide bonds. The average Bonchev–Trinajstić information content (AvgIpc) is 2.67. The average molecular weight is 118 g/mol. The Morgan fingerprint density at radius 2 is 2.44 bits per heavy atom. The molecule has 4 unspecified atom stereocenters. The van der Waals surface area contributed by atoms with Crippen molar-refractivity contribution in [2.24, 2.45) is 22.7 Å². The number of allylic oxidation sites excluding steroid dienone is 2. The SMILES string of the molecule is CC1=CC2C3(C1)C1CC213. The topological polar surface area (TPSA) is 0 Å². The van der Waals surface area contributed by atoms with Crippen molar-refractivity contribution in [2.45, 2.75) is 19.8 Å². The van der Waals surface area contributed by atoms with E-state index in [1.165, 1.54) is 12.3 Å². The van der Waals surface area contributed by atoms with Crippen LogP contribution in [0.3, 0.4) is 0 Å². The molecule has 3 saturated carbocycles. The minimum atomic E-state index is 0.942. The molecule has 0 N–H and O–H groups in total. The first-order chi connectivity index (χ1) is 4.32. The molecule has 0 heteroatoms. The summed E-state index contributed by atoms with van der Waals surface area (Å²) in [6.45, 7) is 2.30. The van der Waals surface area contributed by atoms with Gasteiger partial charge in [0, 0.05) is 0 Å². The lowest BCUT2D eigenvalue weighted by Crippen LogP contribution is -1.93. The second kappa shape index (κ2) is 0.624. The molecule has 0 aromatic carbocycles. The van der Waals surface area contributed by atoms with Crippen LogP contribution in [-0.2, 0) is 0 Å². The van der Waals surface area contributed by atoms with Crippen LogP contribution in [0, 0.1) is 22.7 Å². The highest BCUT2D eigenvalue weighted by Crippen LogP contribution is 3.11. The van der Waals surface area contributed by atoms with Gasteiger partial charge in [-0.05, 0) is 42.4 Å². The molecule has 0 saturated heterocycles. The highest BCUT2D eigenvalue weighted by Gasteiger charge is 3.07. The fourth-order valence-corrected chi connectivity index (χ4v) is 3.91. The summed E-state index contributed by atoms with van der Waals surface area (Å²) in [7, 11) is 0. The lowest BCUT2D eigenvalue weighted by atomic mass is 10.0. The molecule has 3 fully saturated rings. The Labute approximate surface area is 54.9 Å². The van der Waals surface area contributed by atoms with Gasteiger partial charge in [0.15, 0.2) is 0 Å². The summed E-state index contributed by atoms with van der Waals surface area (Å²) in [5, 5.41) is 0. The van der Waals surface area contributed by atoms with Crippen LogP contribution in [0.25, 0.3) is 0 Å². The van der Waals surface area contributed by atoms with E-state index in [0.717, 1.165) is 16.7 Å². The predicted molar refractivity (Wildman–Crippen MR) is 34.8 cm³/mol. The molecular formula is C9H10. The normalized spacial score (nSPS) is 78.1. The van der Waals surface area contributed by atoms with E-state index >= 15 is 0 Å². The maximum absolute atomic E-state index is 2.55. The highest BCUT2D eigenvalue weighted by atomic mass is 15.1. The van der Waals surface area contributed by atoms with E-state index in [4.69, 9.17) is 0 Å². The smallest absolute Gasteiger partial charge is 0.00924 e. The van der Waals surface area contributed by atoms with E-state index in [0.29, 0.717) is 0 Å². The van der Waals surface area contributed by atoms with Gasteiger partial charge in [-0.1, -0.05) is 11.6 Å². The number of hydrogen-bond donors (Lipinski definition) is 0. The summed E-state index contributed by atoms with van der Waals surface area (Å²) >= 11 is 0. The molecule has 2 spiro atoms. The predicted octanol–water partition coefficient (Wildman–Crippen LogP) is 1.97. The zero-order valence-electron chi connectivity index (χ0n) is 5.65. The quantitative estimate of drug-likeness (QED) is 0.426. The van der Waals surface area contributed by atoms with E-state index in [2.05, 4.69) is 13.0 Å². The molecule has 0 aromatic heterocycles. The molecule has 4 rings (SSSR count). The van der Waals surface area contributed by atoms with Crippen molar-refractivity contribution in [3.05, 3.63) is 11.6 Å². The molecule has 46 valence electrons. The zero-order chi connectivity index (χ0) is 5.85. The monoisotopic (exact) mass is 118 g/mol. The summed E-state index contributed by atoms with van der Waals surface area (Å²) in [5.74, 6) is 2.32. The van der Waals surface area contributed by atoms with Crippen LogP contribution in [0.15, 0.2) is 11.6 Å². The van der Waals surface area contributed by atoms with Crippen molar-refractivity contribution in [2.75, 3.05) is 0 Å². The maximum atomic E-state index is 2.55. The van der Waals surface area contributed by atoms with E-state index in [9.17, 15) is 0 Å². The third-order valence-corrected chi connectivity index (χ3v) is 4.46. The summed E-state index contributed by atoms with van der Waals surface area (Å²) in [4.78, 5) is 0. The van der Waals surface area contributed by atoms with Crippen LogP contribution < -0.4 is 0 Å². The Morgan fingerprint density at radius 3 is 2.89 bits per heavy atom. The van der Waals surface area contributed by atoms with Gasteiger partial charge in [0.1, 0.15) is 0 Å². The first-order valence-electron chi connectivity index (χ1n) is 4.00. The molecule has 4 aliphatic carbocycles. The van der Waals surface area contributed by atoms with Gasteiger partial charge < -0.3 is 0 Å². The Morgan fingerprint density at radius 1 is 1.56 bits per heavy atom. The largest absolute Gasteiger partial charge is 0.0813 e. The molecule has 0 aromatic rings. The van der Waals surface area contributed by atoms with Gasteiger partial charge in [-0.3, -0.25) is 0 Å². The van der Waals surface area contributed by atoms with Gasteiger partial charge in [0.05, 0.1) is 0 Å². The fraction of sp³-hybridized carbons (Fsp3) is 0.778. The number of rotatable bonds is 0. The van der Waals surface area contributed by atoms with Crippen LogP contribution in [-0.4, -0.2) is 0 Å². The molecule has 9 heavy (non-hydrogen) atoms. The first kappa shape index (κ1) is 3.80. The van der Waals surface area contributed by atoms with Crippen LogP contribution in [0.5, 0.6) is 0 Å². The molecule has 0 aliphatic heterocycles. The van der Waals surface area contributed by atoms with E-state index < -0.39 is 0 Å². The minimum absolute atomic E-state index is 0.942. The Kier molecular flexibility index (Phi) is 0.263. The van der Waals surface area contributed by atoms with Crippen molar-refractivity contribution in [1.29, 1.82) is 0 Å². The summed E-state index contributed by atoms with van der Waals surface area (Å²) in [6.07, 6.45) is 5.62. The maximum Gasteiger partial charge on any atom is -0.00924 e. The Bertz CT molecular complexity index is 263. The third kappa shape index (κ3) is 0.154. The van der Waals surface area contributed by atoms with E-state index in [1.807, 2.05) is 0 Å². The minimum Gasteiger partial charge on any atom is -0.0813 e. The van der Waals surface area contributed by atoms with E-state index in [1.54, 1.807) is 12.0 Å². The van der Waals surface area contributed by atoms with Gasteiger partial charge >= 0.3 is 0 Å². The van der Waals surface area contributed by atoms with Crippen molar-refractivity contribution in [1.82, 2.24) is 0 Å². The van der Waals surface area contributed by atoms with Gasteiger partial charge in [-0.2, -0.15) is 0 Å². The summed E-state index contributed by atoms with van der Waals surface area (Å²) in [6, 6.07) is 0. The van der Waals surface area contributed by atoms with Crippen LogP contribution in [0.4, 0.5) is 0 Å². The molecule has 0 heterocycles. The molecule has 0 radical (unpaired) electrons. The van der Waals surface area contributed by atoms with Gasteiger partial charge in [-0.15, -0.1) is 0 Å². The molecule has 4 atom stereocenters. The van der Waals surface area contributed by atoms with Gasteiger partial charge in [0.25, 0.3) is 0 Å². The van der Waals surface area contributed by atoms with Gasteiger partial charge in [0.2, 0.25) is 0 Å². The molecular weight excluding hydrogens is 108 g/mol. The standard InChI is InChI=1S/C9H10/c1-5-2-6-8(3-5)7-4-9(6,7)8/h2,6-7H,3-4H2,1H3. The van der Waals surface area contributed by atoms with Crippen LogP contribution in [0.1, 0.15) is 19.8 Å². The molecule has 4 aliphatic rings. The highest BCUT2D eigenvalue weighted by molar-refractivity contribution is 5.60. The summed E-state index contributed by atoms with van der Waals surface area (Å²) < 4.78 is 0. The first-order valence-corrected chi connectivity index (χ1v) is 4.00. The van der Waals surface area contributed by atoms with Crippen molar-refractivity contribution >= 4 is 0 Å². The van der Waals surface area contributed by atoms with E-state index in [-0.39, 0.29) is 0 Å². The Balaban J connectivity index is 1.94. The fourth-order valence-electron chi connectivity index (χ4n) is 3.91. The van der Waals surface area contributed by atoms with Crippen molar-refractivity contribution in [3.8, 4) is 0 Å². The van der Waals surface area contributed by atoms with Crippen LogP contribution >= 0.6 is 0 Å². The second-order valence-electron chi connectivity index (χ2n) is 4.50. The lowest BCUT2D eigenvalue weighted by molar-refractivity contribution is 0.517. The third-order valence-electron chi connectivity index (χ3n) is 4.46. The summed E-state index contributed by atoms with van der Waals surface area (Å²) in [5.41, 5.74) is 3.60. The number of hydrogen-bond acceptors (Lipinski definition) is 0. The van der Waals surface area contributed by atoms with Crippen molar-refractivity contribution in [3.63, 3.8) is 0 Å².